The van der Waals surface area contributed by atoms with Crippen molar-refractivity contribution >= 4 is 5.69 Å². The number of aromatic nitrogens is 2. The smallest absolute Gasteiger partial charge is 0.0853 e. The summed E-state index contributed by atoms with van der Waals surface area (Å²) >= 11 is 0. The normalized spacial score (nSPS) is 9.84. The Morgan fingerprint density at radius 3 is 2.84 bits per heavy atom. The molecule has 0 amide bonds. The SMILES string of the molecule is CCc1nn(C)cc1NCC#Cc1ccccc1C. The molecule has 1 N–H and O–H groups in total. The van der Waals surface area contributed by atoms with Crippen LogP contribution in [0.5, 0.6) is 0 Å². The topological polar surface area (TPSA) is 29.9 Å². The van der Waals surface area contributed by atoms with Crippen molar-refractivity contribution < 1.29 is 0 Å². The third-order valence-corrected chi connectivity index (χ3v) is 2.98. The summed E-state index contributed by atoms with van der Waals surface area (Å²) in [6.07, 6.45) is 2.92. The molecule has 98 valence electrons. The molecule has 0 aliphatic rings. The fourth-order valence-electron chi connectivity index (χ4n) is 1.94. The van der Waals surface area contributed by atoms with Gasteiger partial charge in [0.2, 0.25) is 0 Å². The second-order valence-electron chi connectivity index (χ2n) is 4.49. The highest BCUT2D eigenvalue weighted by Gasteiger charge is 2.03. The van der Waals surface area contributed by atoms with E-state index in [1.807, 2.05) is 36.1 Å². The monoisotopic (exact) mass is 253 g/mol. The third-order valence-electron chi connectivity index (χ3n) is 2.98. The van der Waals surface area contributed by atoms with Gasteiger partial charge in [0.05, 0.1) is 17.9 Å². The van der Waals surface area contributed by atoms with Crippen molar-refractivity contribution in [3.05, 3.63) is 47.3 Å². The quantitative estimate of drug-likeness (QED) is 0.852. The van der Waals surface area contributed by atoms with Crippen LogP contribution in [0.1, 0.15) is 23.7 Å². The predicted molar refractivity (Wildman–Crippen MR) is 79.1 cm³/mol. The molecule has 2 rings (SSSR count). The van der Waals surface area contributed by atoms with Gasteiger partial charge in [-0.15, -0.1) is 0 Å². The maximum absolute atomic E-state index is 4.39. The summed E-state index contributed by atoms with van der Waals surface area (Å²) in [5.74, 6) is 6.34. The van der Waals surface area contributed by atoms with Crippen LogP contribution < -0.4 is 5.32 Å². The molecule has 1 aromatic carbocycles. The zero-order valence-electron chi connectivity index (χ0n) is 11.7. The molecule has 0 radical (unpaired) electrons. The molecule has 1 heterocycles. The van der Waals surface area contributed by atoms with Gasteiger partial charge in [-0.05, 0) is 25.0 Å². The van der Waals surface area contributed by atoms with E-state index in [0.29, 0.717) is 6.54 Å². The van der Waals surface area contributed by atoms with Gasteiger partial charge in [0.15, 0.2) is 0 Å². The molecular weight excluding hydrogens is 234 g/mol. The van der Waals surface area contributed by atoms with Crippen LogP contribution in [-0.4, -0.2) is 16.3 Å². The van der Waals surface area contributed by atoms with E-state index in [4.69, 9.17) is 0 Å². The van der Waals surface area contributed by atoms with Crippen LogP contribution in [0.4, 0.5) is 5.69 Å². The van der Waals surface area contributed by atoms with Gasteiger partial charge in [-0.3, -0.25) is 4.68 Å². The molecule has 0 aliphatic carbocycles. The first-order valence-corrected chi connectivity index (χ1v) is 6.51. The van der Waals surface area contributed by atoms with Crippen molar-refractivity contribution in [2.24, 2.45) is 7.05 Å². The van der Waals surface area contributed by atoms with E-state index >= 15 is 0 Å². The van der Waals surface area contributed by atoms with E-state index in [1.165, 1.54) is 5.56 Å². The lowest BCUT2D eigenvalue weighted by atomic mass is 10.1. The van der Waals surface area contributed by atoms with Gasteiger partial charge >= 0.3 is 0 Å². The summed E-state index contributed by atoms with van der Waals surface area (Å²) in [4.78, 5) is 0. The van der Waals surface area contributed by atoms with Crippen LogP contribution >= 0.6 is 0 Å². The minimum Gasteiger partial charge on any atom is -0.371 e. The van der Waals surface area contributed by atoms with Crippen LogP contribution in [0, 0.1) is 18.8 Å². The van der Waals surface area contributed by atoms with Crippen LogP contribution in [0.15, 0.2) is 30.5 Å². The summed E-state index contributed by atoms with van der Waals surface area (Å²) in [5.41, 5.74) is 4.46. The molecule has 0 atom stereocenters. The Labute approximate surface area is 114 Å². The second kappa shape index (κ2) is 6.10. The van der Waals surface area contributed by atoms with Crippen LogP contribution in [0.25, 0.3) is 0 Å². The highest BCUT2D eigenvalue weighted by atomic mass is 15.3. The molecule has 0 spiro atoms. The Morgan fingerprint density at radius 2 is 2.11 bits per heavy atom. The fraction of sp³-hybridized carbons (Fsp3) is 0.312. The third kappa shape index (κ3) is 3.38. The van der Waals surface area contributed by atoms with E-state index < -0.39 is 0 Å². The first-order valence-electron chi connectivity index (χ1n) is 6.51. The summed E-state index contributed by atoms with van der Waals surface area (Å²) in [7, 11) is 1.93. The summed E-state index contributed by atoms with van der Waals surface area (Å²) < 4.78 is 1.83. The van der Waals surface area contributed by atoms with Crippen LogP contribution in [0.3, 0.4) is 0 Å². The van der Waals surface area contributed by atoms with Crippen molar-refractivity contribution in [2.45, 2.75) is 20.3 Å². The van der Waals surface area contributed by atoms with Gasteiger partial charge < -0.3 is 5.32 Å². The molecule has 0 aliphatic heterocycles. The summed E-state index contributed by atoms with van der Waals surface area (Å²) in [6.45, 7) is 4.81. The highest BCUT2D eigenvalue weighted by molar-refractivity contribution is 5.48. The zero-order chi connectivity index (χ0) is 13.7. The van der Waals surface area contributed by atoms with E-state index in [1.54, 1.807) is 0 Å². The van der Waals surface area contributed by atoms with Crippen LogP contribution in [0.2, 0.25) is 0 Å². The first-order chi connectivity index (χ1) is 9.20. The standard InChI is InChI=1S/C16H19N3/c1-4-15-16(12-19(3)18-15)17-11-7-10-14-9-6-5-8-13(14)2/h5-6,8-9,12,17H,4,11H2,1-3H3. The molecule has 0 saturated carbocycles. The summed E-state index contributed by atoms with van der Waals surface area (Å²) in [5, 5.41) is 7.70. The maximum Gasteiger partial charge on any atom is 0.0853 e. The van der Waals surface area contributed by atoms with Crippen molar-refractivity contribution in [3.63, 3.8) is 0 Å². The molecular formula is C16H19N3. The summed E-state index contributed by atoms with van der Waals surface area (Å²) in [6, 6.07) is 8.17. The Morgan fingerprint density at radius 1 is 1.32 bits per heavy atom. The van der Waals surface area contributed by atoms with E-state index in [-0.39, 0.29) is 0 Å². The Kier molecular flexibility index (Phi) is 4.25. The highest BCUT2D eigenvalue weighted by Crippen LogP contribution is 2.12. The average Bonchev–Trinajstić information content (AvgIpc) is 2.77. The molecule has 1 aromatic heterocycles. The number of nitrogens with zero attached hydrogens (tertiary/aromatic N) is 2. The Bertz CT molecular complexity index is 614. The lowest BCUT2D eigenvalue weighted by Crippen LogP contribution is -2.00. The van der Waals surface area contributed by atoms with Gasteiger partial charge in [0.25, 0.3) is 0 Å². The molecule has 0 saturated heterocycles. The molecule has 0 unspecified atom stereocenters. The number of rotatable bonds is 3. The van der Waals surface area contributed by atoms with Crippen molar-refractivity contribution in [2.75, 3.05) is 11.9 Å². The lowest BCUT2D eigenvalue weighted by Gasteiger charge is -2.00. The number of benzene rings is 1. The molecule has 0 fully saturated rings. The van der Waals surface area contributed by atoms with Gasteiger partial charge in [0.1, 0.15) is 0 Å². The van der Waals surface area contributed by atoms with Gasteiger partial charge in [-0.1, -0.05) is 37.0 Å². The largest absolute Gasteiger partial charge is 0.371 e. The number of aryl methyl sites for hydroxylation is 3. The molecule has 2 aromatic rings. The number of anilines is 1. The zero-order valence-corrected chi connectivity index (χ0v) is 11.7. The number of hydrogen-bond acceptors (Lipinski definition) is 2. The molecule has 19 heavy (non-hydrogen) atoms. The van der Waals surface area contributed by atoms with Gasteiger partial charge in [-0.2, -0.15) is 5.10 Å². The Hall–Kier alpha value is -2.21. The van der Waals surface area contributed by atoms with Crippen molar-refractivity contribution in [1.82, 2.24) is 9.78 Å². The minimum absolute atomic E-state index is 0.632. The minimum atomic E-state index is 0.632. The Balaban J connectivity index is 1.99. The maximum atomic E-state index is 4.39. The van der Waals surface area contributed by atoms with E-state index in [2.05, 4.69) is 42.2 Å². The van der Waals surface area contributed by atoms with E-state index in [0.717, 1.165) is 23.4 Å². The van der Waals surface area contributed by atoms with Crippen molar-refractivity contribution in [1.29, 1.82) is 0 Å². The van der Waals surface area contributed by atoms with Crippen LogP contribution in [-0.2, 0) is 13.5 Å². The first kappa shape index (κ1) is 13.2. The van der Waals surface area contributed by atoms with Gasteiger partial charge in [-0.25, -0.2) is 0 Å². The predicted octanol–water partition coefficient (Wildman–Crippen LogP) is 2.75. The number of hydrogen-bond donors (Lipinski definition) is 1. The molecule has 0 bridgehead atoms. The van der Waals surface area contributed by atoms with Crippen molar-refractivity contribution in [3.8, 4) is 11.8 Å². The lowest BCUT2D eigenvalue weighted by molar-refractivity contribution is 0.746. The van der Waals surface area contributed by atoms with E-state index in [9.17, 15) is 0 Å². The number of nitrogens with one attached hydrogen (secondary N) is 1. The second-order valence-corrected chi connectivity index (χ2v) is 4.49. The average molecular weight is 253 g/mol. The molecule has 3 nitrogen and oxygen atoms in total. The fourth-order valence-corrected chi connectivity index (χ4v) is 1.94. The van der Waals surface area contributed by atoms with Gasteiger partial charge in [0, 0.05) is 18.8 Å². The molecule has 3 heteroatoms.